The fourth-order valence-corrected chi connectivity index (χ4v) is 8.69. The van der Waals surface area contributed by atoms with E-state index in [1.165, 1.54) is 19.3 Å². The molecule has 1 amide bonds. The quantitative estimate of drug-likeness (QED) is 0.749. The van der Waals surface area contributed by atoms with Crippen LogP contribution in [0.1, 0.15) is 51.4 Å². The Balaban J connectivity index is 1.26. The molecule has 7 heteroatoms. The zero-order chi connectivity index (χ0) is 20.9. The van der Waals surface area contributed by atoms with Gasteiger partial charge in [-0.15, -0.1) is 0 Å². The molecule has 0 radical (unpaired) electrons. The van der Waals surface area contributed by atoms with Gasteiger partial charge in [0.05, 0.1) is 12.0 Å². The lowest BCUT2D eigenvalue weighted by Gasteiger charge is -2.55. The maximum Gasteiger partial charge on any atom is 0.243 e. The van der Waals surface area contributed by atoms with Crippen LogP contribution in [0.5, 0.6) is 5.75 Å². The first kappa shape index (κ1) is 20.3. The monoisotopic (exact) mass is 432 g/mol. The van der Waals surface area contributed by atoms with Crippen LogP contribution in [0.2, 0.25) is 0 Å². The predicted octanol–water partition coefficient (Wildman–Crippen LogP) is 3.18. The molecule has 30 heavy (non-hydrogen) atoms. The molecule has 1 aliphatic heterocycles. The average molecular weight is 433 g/mol. The second-order valence-corrected chi connectivity index (χ2v) is 11.9. The summed E-state index contributed by atoms with van der Waals surface area (Å²) in [5.41, 5.74) is -0.187. The van der Waals surface area contributed by atoms with Crippen molar-refractivity contribution in [2.24, 2.45) is 23.2 Å². The smallest absolute Gasteiger partial charge is 0.243 e. The van der Waals surface area contributed by atoms with E-state index in [1.54, 1.807) is 35.7 Å². The van der Waals surface area contributed by atoms with Crippen LogP contribution in [-0.4, -0.2) is 44.9 Å². The minimum atomic E-state index is -3.58. The summed E-state index contributed by atoms with van der Waals surface area (Å²) in [5.74, 6) is 2.98. The number of carbonyl (C=O) groups is 1. The Bertz CT molecular complexity index is 876. The van der Waals surface area contributed by atoms with E-state index in [0.29, 0.717) is 18.8 Å². The van der Waals surface area contributed by atoms with Gasteiger partial charge in [-0.1, -0.05) is 0 Å². The SMILES string of the molecule is COc1ccc(S(=O)(=O)N2CCCC2CNC(=O)C23CC4CC(CC(C4)C2)C3)cc1. The first-order valence-corrected chi connectivity index (χ1v) is 12.8. The van der Waals surface area contributed by atoms with E-state index in [9.17, 15) is 13.2 Å². The lowest BCUT2D eigenvalue weighted by atomic mass is 9.49. The van der Waals surface area contributed by atoms with Gasteiger partial charge < -0.3 is 10.1 Å². The largest absolute Gasteiger partial charge is 0.497 e. The predicted molar refractivity (Wildman–Crippen MR) is 114 cm³/mol. The molecular weight excluding hydrogens is 400 g/mol. The van der Waals surface area contributed by atoms with Gasteiger partial charge >= 0.3 is 0 Å². The molecule has 4 saturated carbocycles. The Morgan fingerprint density at radius 2 is 1.70 bits per heavy atom. The van der Waals surface area contributed by atoms with Crippen LogP contribution in [0, 0.1) is 23.2 Å². The van der Waals surface area contributed by atoms with Crippen molar-refractivity contribution in [1.82, 2.24) is 9.62 Å². The van der Waals surface area contributed by atoms with Crippen molar-refractivity contribution >= 4 is 15.9 Å². The lowest BCUT2D eigenvalue weighted by Crippen LogP contribution is -2.55. The van der Waals surface area contributed by atoms with Crippen molar-refractivity contribution in [3.63, 3.8) is 0 Å². The number of sulfonamides is 1. The van der Waals surface area contributed by atoms with Crippen LogP contribution >= 0.6 is 0 Å². The number of hydrogen-bond donors (Lipinski definition) is 1. The Kier molecular flexibility index (Phi) is 5.09. The third kappa shape index (κ3) is 3.44. The zero-order valence-corrected chi connectivity index (χ0v) is 18.5. The molecule has 4 bridgehead atoms. The van der Waals surface area contributed by atoms with Crippen molar-refractivity contribution in [3.05, 3.63) is 24.3 Å². The van der Waals surface area contributed by atoms with Crippen LogP contribution < -0.4 is 10.1 Å². The van der Waals surface area contributed by atoms with Crippen molar-refractivity contribution in [1.29, 1.82) is 0 Å². The van der Waals surface area contributed by atoms with Gasteiger partial charge in [0.2, 0.25) is 15.9 Å². The summed E-state index contributed by atoms with van der Waals surface area (Å²) in [6, 6.07) is 6.37. The molecular formula is C23H32N2O4S. The van der Waals surface area contributed by atoms with Gasteiger partial charge in [0.25, 0.3) is 0 Å². The highest BCUT2D eigenvalue weighted by Gasteiger charge is 2.54. The minimum absolute atomic E-state index is 0.171. The Morgan fingerprint density at radius 3 is 2.27 bits per heavy atom. The number of amides is 1. The average Bonchev–Trinajstić information content (AvgIpc) is 3.20. The Labute approximate surface area is 179 Å². The second-order valence-electron chi connectivity index (χ2n) is 10.00. The number of nitrogens with zero attached hydrogens (tertiary/aromatic N) is 1. The topological polar surface area (TPSA) is 75.7 Å². The van der Waals surface area contributed by atoms with Gasteiger partial charge in [-0.25, -0.2) is 8.42 Å². The normalized spacial score (nSPS) is 35.5. The molecule has 6 nitrogen and oxygen atoms in total. The number of ether oxygens (including phenoxy) is 1. The Morgan fingerprint density at radius 1 is 1.10 bits per heavy atom. The molecule has 0 aromatic heterocycles. The molecule has 1 unspecified atom stereocenters. The summed E-state index contributed by atoms with van der Waals surface area (Å²) < 4.78 is 33.1. The van der Waals surface area contributed by atoms with E-state index in [2.05, 4.69) is 5.32 Å². The first-order chi connectivity index (χ1) is 14.4. The van der Waals surface area contributed by atoms with Crippen LogP contribution in [0.25, 0.3) is 0 Å². The third-order valence-electron chi connectivity index (χ3n) is 8.01. The summed E-state index contributed by atoms with van der Waals surface area (Å²) in [6.45, 7) is 0.919. The molecule has 1 heterocycles. The van der Waals surface area contributed by atoms with Crippen molar-refractivity contribution in [2.75, 3.05) is 20.2 Å². The van der Waals surface area contributed by atoms with E-state index in [0.717, 1.165) is 49.9 Å². The molecule has 1 atom stereocenters. The first-order valence-electron chi connectivity index (χ1n) is 11.3. The maximum atomic E-state index is 13.3. The molecule has 1 aromatic rings. The van der Waals surface area contributed by atoms with Gasteiger partial charge in [0.1, 0.15) is 5.75 Å². The molecule has 4 aliphatic carbocycles. The van der Waals surface area contributed by atoms with Crippen LogP contribution in [0.4, 0.5) is 0 Å². The molecule has 5 fully saturated rings. The fraction of sp³-hybridized carbons (Fsp3) is 0.696. The van der Waals surface area contributed by atoms with Gasteiger partial charge in [0, 0.05) is 24.5 Å². The standard InChI is InChI=1S/C23H32N2O4S/c1-29-20-4-6-21(7-5-20)30(27,28)25-8-2-3-19(25)15-24-22(26)23-12-16-9-17(13-23)11-18(10-16)14-23/h4-7,16-19H,2-3,8-15H2,1H3,(H,24,26). The van der Waals surface area contributed by atoms with E-state index in [1.807, 2.05) is 0 Å². The summed E-state index contributed by atoms with van der Waals surface area (Å²) in [7, 11) is -2.02. The number of benzene rings is 1. The molecule has 164 valence electrons. The van der Waals surface area contributed by atoms with Crippen molar-refractivity contribution < 1.29 is 17.9 Å². The van der Waals surface area contributed by atoms with E-state index in [4.69, 9.17) is 4.74 Å². The fourth-order valence-electron chi connectivity index (χ4n) is 7.00. The number of rotatable bonds is 6. The molecule has 0 spiro atoms. The summed E-state index contributed by atoms with van der Waals surface area (Å²) in [4.78, 5) is 13.5. The maximum absolute atomic E-state index is 13.3. The van der Waals surface area contributed by atoms with Crippen molar-refractivity contribution in [3.8, 4) is 5.75 Å². The lowest BCUT2D eigenvalue weighted by molar-refractivity contribution is -0.146. The molecule has 1 N–H and O–H groups in total. The molecule has 5 aliphatic rings. The van der Waals surface area contributed by atoms with Gasteiger partial charge in [-0.2, -0.15) is 4.31 Å². The Hall–Kier alpha value is -1.60. The number of methoxy groups -OCH3 is 1. The van der Waals surface area contributed by atoms with Crippen LogP contribution in [0.15, 0.2) is 29.2 Å². The third-order valence-corrected chi connectivity index (χ3v) is 9.97. The van der Waals surface area contributed by atoms with Gasteiger partial charge in [0.15, 0.2) is 0 Å². The van der Waals surface area contributed by atoms with E-state index < -0.39 is 10.0 Å². The second kappa shape index (κ2) is 7.52. The van der Waals surface area contributed by atoms with Crippen LogP contribution in [-0.2, 0) is 14.8 Å². The molecule has 1 aromatic carbocycles. The molecule has 6 rings (SSSR count). The summed E-state index contributed by atoms with van der Waals surface area (Å²) >= 11 is 0. The van der Waals surface area contributed by atoms with Gasteiger partial charge in [-0.3, -0.25) is 4.79 Å². The number of nitrogens with one attached hydrogen (secondary N) is 1. The van der Waals surface area contributed by atoms with Crippen molar-refractivity contribution in [2.45, 2.75) is 62.3 Å². The highest BCUT2D eigenvalue weighted by molar-refractivity contribution is 7.89. The van der Waals surface area contributed by atoms with Gasteiger partial charge in [-0.05, 0) is 93.4 Å². The highest BCUT2D eigenvalue weighted by atomic mass is 32.2. The molecule has 1 saturated heterocycles. The highest BCUT2D eigenvalue weighted by Crippen LogP contribution is 2.60. The minimum Gasteiger partial charge on any atom is -0.497 e. The van der Waals surface area contributed by atoms with Crippen LogP contribution in [0.3, 0.4) is 0 Å². The van der Waals surface area contributed by atoms with E-state index >= 15 is 0 Å². The van der Waals surface area contributed by atoms with E-state index in [-0.39, 0.29) is 22.3 Å². The summed E-state index contributed by atoms with van der Waals surface area (Å²) in [5, 5.41) is 3.19. The number of carbonyl (C=O) groups excluding carboxylic acids is 1. The number of hydrogen-bond acceptors (Lipinski definition) is 4. The zero-order valence-electron chi connectivity index (χ0n) is 17.7. The summed E-state index contributed by atoms with van der Waals surface area (Å²) in [6.07, 6.45) is 8.63.